The first kappa shape index (κ1) is 25.7. The summed E-state index contributed by atoms with van der Waals surface area (Å²) >= 11 is 6.91. The molecule has 188 valence electrons. The molecule has 0 radical (unpaired) electrons. The number of rotatable bonds is 8. The molecule has 8 nitrogen and oxygen atoms in total. The van der Waals surface area contributed by atoms with Gasteiger partial charge in [-0.15, -0.1) is 0 Å². The molecule has 1 saturated carbocycles. The first-order valence-electron chi connectivity index (χ1n) is 11.8. The van der Waals surface area contributed by atoms with Crippen LogP contribution in [0.1, 0.15) is 69.9 Å². The fourth-order valence-electron chi connectivity index (χ4n) is 4.43. The van der Waals surface area contributed by atoms with E-state index in [0.29, 0.717) is 16.3 Å². The number of benzene rings is 2. The number of nitrogens with two attached hydrogens (primary N) is 2. The number of aryl methyl sites for hydroxylation is 1. The van der Waals surface area contributed by atoms with E-state index in [1.165, 1.54) is 4.90 Å². The molecule has 0 spiro atoms. The lowest BCUT2D eigenvalue weighted by Crippen LogP contribution is -2.46. The zero-order chi connectivity index (χ0) is 25.8. The molecule has 2 aromatic carbocycles. The minimum Gasteiger partial charge on any atom is -0.395 e. The van der Waals surface area contributed by atoms with E-state index in [4.69, 9.17) is 23.1 Å². The molecule has 1 aromatic heterocycles. The Bertz CT molecular complexity index is 1250. The van der Waals surface area contributed by atoms with E-state index in [9.17, 15) is 14.4 Å². The van der Waals surface area contributed by atoms with Gasteiger partial charge in [-0.3, -0.25) is 19.3 Å². The molecule has 0 unspecified atom stereocenters. The molecule has 1 aliphatic carbocycles. The predicted molar refractivity (Wildman–Crippen MR) is 142 cm³/mol. The number of hydrogen-bond acceptors (Lipinski definition) is 6. The second-order valence-corrected chi connectivity index (χ2v) is 9.99. The fraction of sp³-hybridized carbons (Fsp3) is 0.308. The first-order chi connectivity index (χ1) is 17.3. The lowest BCUT2D eigenvalue weighted by molar-refractivity contribution is -0.123. The van der Waals surface area contributed by atoms with E-state index in [0.717, 1.165) is 49.2 Å². The molecule has 5 N–H and O–H groups in total. The molecule has 4 rings (SSSR count). The van der Waals surface area contributed by atoms with Gasteiger partial charge < -0.3 is 16.8 Å². The molecular weight excluding hydrogens is 498 g/mol. The quantitative estimate of drug-likeness (QED) is 0.399. The standard InChI is InChI=1S/C26H28ClN5O3S/c1-2-15-7-13-19(14-8-15)32(26(35)23-20(28)21(24(29)33)31-36-23)22(16-9-11-17(27)12-10-16)25(34)30-18-5-3-4-6-18/h7-14,18,22H,2-6,28H2,1H3,(H2,29,33)(H,30,34)/t22-/m1/s1. The van der Waals surface area contributed by atoms with Crippen molar-refractivity contribution in [1.29, 1.82) is 0 Å². The van der Waals surface area contributed by atoms with Crippen molar-refractivity contribution in [2.75, 3.05) is 10.6 Å². The summed E-state index contributed by atoms with van der Waals surface area (Å²) in [5, 5.41) is 3.64. The van der Waals surface area contributed by atoms with Gasteiger partial charge in [-0.1, -0.05) is 55.6 Å². The summed E-state index contributed by atoms with van der Waals surface area (Å²) in [4.78, 5) is 41.0. The van der Waals surface area contributed by atoms with Crippen molar-refractivity contribution in [2.24, 2.45) is 5.73 Å². The third-order valence-electron chi connectivity index (χ3n) is 6.39. The lowest BCUT2D eigenvalue weighted by Gasteiger charge is -2.32. The number of nitrogens with zero attached hydrogens (tertiary/aromatic N) is 2. The van der Waals surface area contributed by atoms with E-state index in [2.05, 4.69) is 9.69 Å². The molecule has 3 aromatic rings. The van der Waals surface area contributed by atoms with E-state index in [1.54, 1.807) is 36.4 Å². The average molecular weight is 526 g/mol. The minimum absolute atomic E-state index is 0.0380. The Balaban J connectivity index is 1.84. The lowest BCUT2D eigenvalue weighted by atomic mass is 10.0. The maximum atomic E-state index is 14.0. The van der Waals surface area contributed by atoms with E-state index in [1.807, 2.05) is 19.1 Å². The van der Waals surface area contributed by atoms with Crippen molar-refractivity contribution in [3.05, 3.63) is 75.3 Å². The molecule has 1 aliphatic rings. The maximum Gasteiger partial charge on any atom is 0.273 e. The van der Waals surface area contributed by atoms with Gasteiger partial charge in [0, 0.05) is 16.8 Å². The van der Waals surface area contributed by atoms with Crippen LogP contribution in [0.3, 0.4) is 0 Å². The molecule has 0 bridgehead atoms. The number of aromatic nitrogens is 1. The van der Waals surface area contributed by atoms with Crippen LogP contribution in [0.2, 0.25) is 5.02 Å². The number of anilines is 2. The van der Waals surface area contributed by atoms with Crippen LogP contribution in [0.25, 0.3) is 0 Å². The predicted octanol–water partition coefficient (Wildman–Crippen LogP) is 4.49. The number of carbonyl (C=O) groups is 3. The third-order valence-corrected chi connectivity index (χ3v) is 7.49. The summed E-state index contributed by atoms with van der Waals surface area (Å²) in [6, 6.07) is 13.3. The van der Waals surface area contributed by atoms with E-state index < -0.39 is 17.9 Å². The van der Waals surface area contributed by atoms with Gasteiger partial charge in [-0.05, 0) is 66.2 Å². The minimum atomic E-state index is -1.01. The molecule has 1 heterocycles. The monoisotopic (exact) mass is 525 g/mol. The second kappa shape index (κ2) is 11.1. The van der Waals surface area contributed by atoms with Crippen LogP contribution in [-0.2, 0) is 11.2 Å². The molecule has 1 atom stereocenters. The smallest absolute Gasteiger partial charge is 0.273 e. The van der Waals surface area contributed by atoms with Crippen LogP contribution >= 0.6 is 23.1 Å². The Labute approximate surface area is 218 Å². The normalized spacial score (nSPS) is 14.4. The summed E-state index contributed by atoms with van der Waals surface area (Å²) in [5.74, 6) is -1.69. The number of nitrogen functional groups attached to an aromatic ring is 1. The molecule has 3 amide bonds. The number of hydrogen-bond donors (Lipinski definition) is 3. The van der Waals surface area contributed by atoms with Gasteiger partial charge in [0.1, 0.15) is 10.9 Å². The van der Waals surface area contributed by atoms with Crippen LogP contribution in [0, 0.1) is 0 Å². The molecule has 10 heteroatoms. The Morgan fingerprint density at radius 1 is 1.11 bits per heavy atom. The summed E-state index contributed by atoms with van der Waals surface area (Å²) < 4.78 is 3.99. The first-order valence-corrected chi connectivity index (χ1v) is 13.0. The Hall–Kier alpha value is -3.43. The summed E-state index contributed by atoms with van der Waals surface area (Å²) in [6.07, 6.45) is 4.70. The largest absolute Gasteiger partial charge is 0.395 e. The van der Waals surface area contributed by atoms with Crippen molar-refractivity contribution in [2.45, 2.75) is 51.1 Å². The number of primary amides is 1. The van der Waals surface area contributed by atoms with Gasteiger partial charge in [-0.2, -0.15) is 4.37 Å². The van der Waals surface area contributed by atoms with Crippen molar-refractivity contribution in [3.8, 4) is 0 Å². The molecular formula is C26H28ClN5O3S. The number of halogens is 1. The van der Waals surface area contributed by atoms with Crippen LogP contribution in [-0.4, -0.2) is 28.1 Å². The molecule has 36 heavy (non-hydrogen) atoms. The Kier molecular flexibility index (Phi) is 7.91. The zero-order valence-corrected chi connectivity index (χ0v) is 21.4. The van der Waals surface area contributed by atoms with Crippen LogP contribution < -0.4 is 21.7 Å². The van der Waals surface area contributed by atoms with Gasteiger partial charge in [0.05, 0.1) is 5.69 Å². The zero-order valence-electron chi connectivity index (χ0n) is 19.9. The van der Waals surface area contributed by atoms with Crippen LogP contribution in [0.15, 0.2) is 48.5 Å². The van der Waals surface area contributed by atoms with Crippen LogP contribution in [0.5, 0.6) is 0 Å². The summed E-state index contributed by atoms with van der Waals surface area (Å²) in [7, 11) is 0. The highest BCUT2D eigenvalue weighted by Gasteiger charge is 2.37. The average Bonchev–Trinajstić information content (AvgIpc) is 3.52. The van der Waals surface area contributed by atoms with Gasteiger partial charge in [0.15, 0.2) is 5.69 Å². The highest BCUT2D eigenvalue weighted by atomic mass is 35.5. The van der Waals surface area contributed by atoms with Crippen molar-refractivity contribution >= 4 is 52.2 Å². The van der Waals surface area contributed by atoms with Crippen molar-refractivity contribution in [3.63, 3.8) is 0 Å². The Morgan fingerprint density at radius 3 is 2.31 bits per heavy atom. The Morgan fingerprint density at radius 2 is 1.75 bits per heavy atom. The van der Waals surface area contributed by atoms with E-state index in [-0.39, 0.29) is 28.2 Å². The van der Waals surface area contributed by atoms with Gasteiger partial charge in [0.2, 0.25) is 5.91 Å². The SMILES string of the molecule is CCc1ccc(N(C(=O)c2snc(C(N)=O)c2N)[C@@H](C(=O)NC2CCCC2)c2ccc(Cl)cc2)cc1. The highest BCUT2D eigenvalue weighted by Crippen LogP contribution is 2.34. The summed E-state index contributed by atoms with van der Waals surface area (Å²) in [6.45, 7) is 2.03. The van der Waals surface area contributed by atoms with Crippen LogP contribution in [0.4, 0.5) is 11.4 Å². The second-order valence-electron chi connectivity index (χ2n) is 8.78. The maximum absolute atomic E-state index is 14.0. The number of nitrogens with one attached hydrogen (secondary N) is 1. The number of carbonyl (C=O) groups excluding carboxylic acids is 3. The topological polar surface area (TPSA) is 131 Å². The van der Waals surface area contributed by atoms with Gasteiger partial charge >= 0.3 is 0 Å². The third kappa shape index (κ3) is 5.37. The van der Waals surface area contributed by atoms with Gasteiger partial charge in [0.25, 0.3) is 11.8 Å². The molecule has 0 saturated heterocycles. The highest BCUT2D eigenvalue weighted by molar-refractivity contribution is 7.09. The summed E-state index contributed by atoms with van der Waals surface area (Å²) in [5.41, 5.74) is 13.4. The molecule has 0 aliphatic heterocycles. The number of amides is 3. The van der Waals surface area contributed by atoms with Gasteiger partial charge in [-0.25, -0.2) is 0 Å². The van der Waals surface area contributed by atoms with E-state index >= 15 is 0 Å². The fourth-order valence-corrected chi connectivity index (χ4v) is 5.30. The molecule has 1 fully saturated rings. The van der Waals surface area contributed by atoms with Crippen molar-refractivity contribution in [1.82, 2.24) is 9.69 Å². The van der Waals surface area contributed by atoms with Crippen molar-refractivity contribution < 1.29 is 14.4 Å².